The minimum Gasteiger partial charge on any atom is -0.325 e. The van der Waals surface area contributed by atoms with Crippen LogP contribution in [0.2, 0.25) is 0 Å². The zero-order valence-electron chi connectivity index (χ0n) is 13.6. The Labute approximate surface area is 133 Å². The maximum absolute atomic E-state index is 12.8. The van der Waals surface area contributed by atoms with E-state index in [2.05, 4.69) is 4.98 Å². The monoisotopic (exact) mass is 312 g/mol. The van der Waals surface area contributed by atoms with Crippen molar-refractivity contribution < 1.29 is 0 Å². The Hall–Kier alpha value is -2.63. The molecule has 0 bridgehead atoms. The van der Waals surface area contributed by atoms with Gasteiger partial charge in [0.15, 0.2) is 11.2 Å². The Kier molecular flexibility index (Phi) is 3.90. The summed E-state index contributed by atoms with van der Waals surface area (Å²) in [6.07, 6.45) is 2.53. The molecule has 0 saturated heterocycles. The number of hydrogen-bond donors (Lipinski definition) is 0. The van der Waals surface area contributed by atoms with Crippen molar-refractivity contribution in [3.8, 4) is 5.69 Å². The second-order valence-electron chi connectivity index (χ2n) is 5.56. The number of benzene rings is 1. The van der Waals surface area contributed by atoms with Gasteiger partial charge in [0, 0.05) is 13.1 Å². The highest BCUT2D eigenvalue weighted by Gasteiger charge is 2.18. The van der Waals surface area contributed by atoms with Crippen molar-refractivity contribution in [2.24, 2.45) is 0 Å². The Morgan fingerprint density at radius 1 is 1.13 bits per heavy atom. The van der Waals surface area contributed by atoms with Crippen LogP contribution in [0.5, 0.6) is 0 Å². The summed E-state index contributed by atoms with van der Waals surface area (Å²) in [6, 6.07) is 7.62. The van der Waals surface area contributed by atoms with Crippen LogP contribution in [0.1, 0.15) is 25.8 Å². The van der Waals surface area contributed by atoms with Crippen LogP contribution < -0.4 is 11.2 Å². The molecule has 2 aromatic heterocycles. The average molecular weight is 312 g/mol. The smallest absolute Gasteiger partial charge is 0.325 e. The van der Waals surface area contributed by atoms with E-state index in [-0.39, 0.29) is 11.2 Å². The molecular formula is C17H20N4O2. The molecule has 0 unspecified atom stereocenters. The lowest BCUT2D eigenvalue weighted by Gasteiger charge is -2.13. The highest BCUT2D eigenvalue weighted by atomic mass is 16.2. The standard InChI is InChI=1S/C17H20N4O2/c1-4-10-19-11-18-15-14(19)16(22)20(5-2)17(23)21(15)13-9-7-6-8-12(13)3/h6-9,11H,4-5,10H2,1-3H3. The van der Waals surface area contributed by atoms with Crippen LogP contribution >= 0.6 is 0 Å². The van der Waals surface area contributed by atoms with Crippen molar-refractivity contribution in [1.82, 2.24) is 18.7 Å². The van der Waals surface area contributed by atoms with Gasteiger partial charge in [-0.05, 0) is 31.9 Å². The van der Waals surface area contributed by atoms with Gasteiger partial charge in [-0.1, -0.05) is 25.1 Å². The van der Waals surface area contributed by atoms with Crippen molar-refractivity contribution in [3.05, 3.63) is 57.0 Å². The first kappa shape index (κ1) is 15.3. The summed E-state index contributed by atoms with van der Waals surface area (Å²) in [5, 5.41) is 0. The molecule has 2 heterocycles. The summed E-state index contributed by atoms with van der Waals surface area (Å²) in [7, 11) is 0. The van der Waals surface area contributed by atoms with Crippen LogP contribution in [-0.2, 0) is 13.1 Å². The van der Waals surface area contributed by atoms with Gasteiger partial charge < -0.3 is 4.57 Å². The van der Waals surface area contributed by atoms with Crippen LogP contribution in [0.4, 0.5) is 0 Å². The molecule has 0 N–H and O–H groups in total. The van der Waals surface area contributed by atoms with E-state index in [1.807, 2.05) is 42.7 Å². The van der Waals surface area contributed by atoms with Crippen molar-refractivity contribution in [1.29, 1.82) is 0 Å². The van der Waals surface area contributed by atoms with Gasteiger partial charge >= 0.3 is 5.69 Å². The molecule has 0 atom stereocenters. The van der Waals surface area contributed by atoms with Crippen LogP contribution in [0.3, 0.4) is 0 Å². The van der Waals surface area contributed by atoms with E-state index in [0.29, 0.717) is 24.3 Å². The fraction of sp³-hybridized carbons (Fsp3) is 0.353. The van der Waals surface area contributed by atoms with Gasteiger partial charge in [0.2, 0.25) is 0 Å². The lowest BCUT2D eigenvalue weighted by molar-refractivity contribution is 0.645. The summed E-state index contributed by atoms with van der Waals surface area (Å²) in [5.74, 6) is 0. The van der Waals surface area contributed by atoms with E-state index >= 15 is 0 Å². The average Bonchev–Trinajstić information content (AvgIpc) is 2.94. The Balaban J connectivity index is 2.50. The number of fused-ring (bicyclic) bond motifs is 1. The largest absolute Gasteiger partial charge is 0.337 e. The lowest BCUT2D eigenvalue weighted by atomic mass is 10.2. The van der Waals surface area contributed by atoms with E-state index in [1.165, 1.54) is 4.57 Å². The first-order chi connectivity index (χ1) is 11.1. The molecule has 120 valence electrons. The zero-order valence-corrected chi connectivity index (χ0v) is 13.6. The van der Waals surface area contributed by atoms with E-state index in [0.717, 1.165) is 17.7 Å². The van der Waals surface area contributed by atoms with Gasteiger partial charge in [0.05, 0.1) is 12.0 Å². The van der Waals surface area contributed by atoms with Crippen molar-refractivity contribution in [2.45, 2.75) is 40.3 Å². The maximum atomic E-state index is 12.8. The van der Waals surface area contributed by atoms with Gasteiger partial charge in [0.25, 0.3) is 5.56 Å². The number of aryl methyl sites for hydroxylation is 2. The quantitative estimate of drug-likeness (QED) is 0.741. The molecule has 0 spiro atoms. The maximum Gasteiger partial charge on any atom is 0.337 e. The summed E-state index contributed by atoms with van der Waals surface area (Å²) >= 11 is 0. The fourth-order valence-electron chi connectivity index (χ4n) is 2.90. The molecular weight excluding hydrogens is 292 g/mol. The fourth-order valence-corrected chi connectivity index (χ4v) is 2.90. The molecule has 6 nitrogen and oxygen atoms in total. The summed E-state index contributed by atoms with van der Waals surface area (Å²) in [4.78, 5) is 29.9. The molecule has 0 aliphatic heterocycles. The second-order valence-corrected chi connectivity index (χ2v) is 5.56. The van der Waals surface area contributed by atoms with E-state index in [4.69, 9.17) is 0 Å². The van der Waals surface area contributed by atoms with Crippen molar-refractivity contribution in [2.75, 3.05) is 0 Å². The summed E-state index contributed by atoms with van der Waals surface area (Å²) in [5.41, 5.74) is 2.00. The second kappa shape index (κ2) is 5.87. The minimum atomic E-state index is -0.346. The van der Waals surface area contributed by atoms with Gasteiger partial charge in [-0.3, -0.25) is 9.36 Å². The first-order valence-electron chi connectivity index (χ1n) is 7.86. The van der Waals surface area contributed by atoms with Crippen molar-refractivity contribution >= 4 is 11.2 Å². The number of para-hydroxylation sites is 1. The molecule has 0 saturated carbocycles. The van der Waals surface area contributed by atoms with Gasteiger partial charge in [-0.25, -0.2) is 14.3 Å². The van der Waals surface area contributed by atoms with Crippen LogP contribution in [-0.4, -0.2) is 18.7 Å². The predicted octanol–water partition coefficient (Wildman–Crippen LogP) is 2.09. The topological polar surface area (TPSA) is 61.8 Å². The third-order valence-electron chi connectivity index (χ3n) is 4.04. The first-order valence-corrected chi connectivity index (χ1v) is 7.86. The molecule has 0 aliphatic carbocycles. The molecule has 23 heavy (non-hydrogen) atoms. The molecule has 1 aromatic carbocycles. The van der Waals surface area contributed by atoms with Gasteiger partial charge in [-0.15, -0.1) is 0 Å². The summed E-state index contributed by atoms with van der Waals surface area (Å²) < 4.78 is 4.64. The van der Waals surface area contributed by atoms with Gasteiger partial charge in [-0.2, -0.15) is 0 Å². The molecule has 3 aromatic rings. The molecule has 0 fully saturated rings. The highest BCUT2D eigenvalue weighted by Crippen LogP contribution is 2.16. The minimum absolute atomic E-state index is 0.275. The number of hydrogen-bond acceptors (Lipinski definition) is 3. The SMILES string of the molecule is CCCn1cnc2c1c(=O)n(CC)c(=O)n2-c1ccccc1C. The van der Waals surface area contributed by atoms with Crippen molar-refractivity contribution in [3.63, 3.8) is 0 Å². The Morgan fingerprint density at radius 3 is 2.52 bits per heavy atom. The predicted molar refractivity (Wildman–Crippen MR) is 90.3 cm³/mol. The number of nitrogens with zero attached hydrogens (tertiary/aromatic N) is 4. The lowest BCUT2D eigenvalue weighted by Crippen LogP contribution is -2.39. The number of rotatable bonds is 4. The molecule has 6 heteroatoms. The van der Waals surface area contributed by atoms with Crippen LogP contribution in [0.25, 0.3) is 16.9 Å². The van der Waals surface area contributed by atoms with Crippen LogP contribution in [0, 0.1) is 6.92 Å². The Bertz CT molecular complexity index is 978. The molecule has 0 amide bonds. The van der Waals surface area contributed by atoms with E-state index < -0.39 is 0 Å². The number of imidazole rings is 1. The normalized spacial score (nSPS) is 11.3. The van der Waals surface area contributed by atoms with Gasteiger partial charge in [0.1, 0.15) is 0 Å². The molecule has 0 radical (unpaired) electrons. The number of aromatic nitrogens is 4. The molecule has 3 rings (SSSR count). The summed E-state index contributed by atoms with van der Waals surface area (Å²) in [6.45, 7) is 6.81. The zero-order chi connectivity index (χ0) is 16.6. The Morgan fingerprint density at radius 2 is 1.87 bits per heavy atom. The van der Waals surface area contributed by atoms with E-state index in [9.17, 15) is 9.59 Å². The van der Waals surface area contributed by atoms with E-state index in [1.54, 1.807) is 17.8 Å². The van der Waals surface area contributed by atoms with Crippen LogP contribution in [0.15, 0.2) is 40.2 Å². The third-order valence-corrected chi connectivity index (χ3v) is 4.04. The molecule has 0 aliphatic rings. The highest BCUT2D eigenvalue weighted by molar-refractivity contribution is 5.72. The third kappa shape index (κ3) is 2.30.